The molecule has 0 aliphatic rings. The van der Waals surface area contributed by atoms with Crippen LogP contribution in [0.2, 0.25) is 0 Å². The fourth-order valence-corrected chi connectivity index (χ4v) is 0.684. The largest absolute Gasteiger partial charge is 2.00 e. The van der Waals surface area contributed by atoms with Crippen molar-refractivity contribution in [2.75, 3.05) is 0 Å². The molecule has 0 aromatic carbocycles. The first kappa shape index (κ1) is 50.3. The first-order valence-corrected chi connectivity index (χ1v) is 5.21. The summed E-state index contributed by atoms with van der Waals surface area (Å²) in [4.78, 5) is 30.0. The van der Waals surface area contributed by atoms with Crippen LogP contribution in [0.25, 0.3) is 0 Å². The van der Waals surface area contributed by atoms with Crippen LogP contribution in [0.1, 0.15) is 12.8 Å². The molecule has 0 amide bonds. The molecule has 0 saturated heterocycles. The molecule has 0 spiro atoms. The van der Waals surface area contributed by atoms with Crippen LogP contribution in [0.3, 0.4) is 0 Å². The zero-order valence-corrected chi connectivity index (χ0v) is 21.1. The quantitative estimate of drug-likeness (QED) is 0.254. The number of carboxylic acid groups (broad SMARTS) is 3. The molecule has 0 fully saturated rings. The summed E-state index contributed by atoms with van der Waals surface area (Å²) in [6, 6.07) is 0. The van der Waals surface area contributed by atoms with Gasteiger partial charge in [0.15, 0.2) is 0 Å². The summed E-state index contributed by atoms with van der Waals surface area (Å²) in [6.07, 6.45) is -2.72. The number of carbonyl (C=O) groups excluding carboxylic acids is 3. The Bertz CT molecular complexity index is 425. The van der Waals surface area contributed by atoms with Gasteiger partial charge in [-0.05, 0) is 0 Å². The van der Waals surface area contributed by atoms with Crippen molar-refractivity contribution in [1.29, 1.82) is 0 Å². The van der Waals surface area contributed by atoms with Crippen molar-refractivity contribution in [3.05, 3.63) is 0 Å². The van der Waals surface area contributed by atoms with Gasteiger partial charge in [0, 0.05) is 24.8 Å². The first-order chi connectivity index (χ1) is 7.78. The Hall–Kier alpha value is 2.39. The van der Waals surface area contributed by atoms with Gasteiger partial charge >= 0.3 is 137 Å². The van der Waals surface area contributed by atoms with Crippen molar-refractivity contribution in [3.8, 4) is 0 Å². The molecular formula is C6H12BKNa2NiO12S. The Morgan fingerprint density at radius 3 is 1.17 bits per heavy atom. The molecule has 0 unspecified atom stereocenters. The molecule has 0 aromatic rings. The zero-order chi connectivity index (χ0) is 15.1. The van der Waals surface area contributed by atoms with E-state index in [1.165, 1.54) is 0 Å². The number of carbonyl (C=O) groups is 3. The third-order valence-corrected chi connectivity index (χ3v) is 1.25. The Morgan fingerprint density at radius 2 is 1.08 bits per heavy atom. The fourth-order valence-electron chi connectivity index (χ4n) is 0.684. The Morgan fingerprint density at radius 1 is 0.917 bits per heavy atom. The summed E-state index contributed by atoms with van der Waals surface area (Å²) in [7, 11) is -4.67. The van der Waals surface area contributed by atoms with Gasteiger partial charge in [0.1, 0.15) is 5.60 Å². The van der Waals surface area contributed by atoms with E-state index in [9.17, 15) is 29.7 Å². The Labute approximate surface area is 235 Å². The second kappa shape index (κ2) is 23.4. The first-order valence-electron chi connectivity index (χ1n) is 3.81. The summed E-state index contributed by atoms with van der Waals surface area (Å²) in [5.74, 6) is -5.98. The molecule has 0 radical (unpaired) electrons. The Balaban J connectivity index is -0.0000000347. The second-order valence-electron chi connectivity index (χ2n) is 2.86. The molecule has 24 heavy (non-hydrogen) atoms. The number of carboxylic acids is 3. The van der Waals surface area contributed by atoms with Crippen molar-refractivity contribution in [2.45, 2.75) is 18.4 Å². The van der Waals surface area contributed by atoms with Crippen LogP contribution in [0.4, 0.5) is 0 Å². The summed E-state index contributed by atoms with van der Waals surface area (Å²) in [5, 5.41) is 38.9. The minimum absolute atomic E-state index is 0. The van der Waals surface area contributed by atoms with Gasteiger partial charge in [-0.15, -0.1) is 0 Å². The van der Waals surface area contributed by atoms with E-state index in [1.807, 2.05) is 0 Å². The van der Waals surface area contributed by atoms with Crippen molar-refractivity contribution in [1.82, 2.24) is 0 Å². The second-order valence-corrected chi connectivity index (χ2v) is 3.76. The van der Waals surface area contributed by atoms with Gasteiger partial charge in [0.2, 0.25) is 0 Å². The number of rotatable bonds is 5. The summed E-state index contributed by atoms with van der Waals surface area (Å²) >= 11 is 0. The topological polar surface area (TPSA) is 245 Å². The van der Waals surface area contributed by atoms with Crippen molar-refractivity contribution in [3.63, 3.8) is 0 Å². The molecule has 0 rings (SSSR count). The van der Waals surface area contributed by atoms with Crippen LogP contribution in [0.15, 0.2) is 0 Å². The number of hydrogen-bond donors (Lipinski definition) is 3. The fraction of sp³-hybridized carbons (Fsp3) is 0.500. The smallest absolute Gasteiger partial charge is 0.870 e. The molecule has 0 saturated carbocycles. The number of aliphatic carboxylic acids is 3. The van der Waals surface area contributed by atoms with Gasteiger partial charge in [-0.25, -0.2) is 0 Å². The van der Waals surface area contributed by atoms with E-state index in [1.54, 1.807) is 0 Å². The van der Waals surface area contributed by atoms with Crippen molar-refractivity contribution in [2.24, 2.45) is 0 Å². The molecule has 0 aliphatic heterocycles. The molecule has 0 aliphatic carbocycles. The van der Waals surface area contributed by atoms with Gasteiger partial charge in [-0.2, -0.15) is 8.42 Å². The molecule has 130 valence electrons. The van der Waals surface area contributed by atoms with Crippen molar-refractivity contribution < 1.29 is 185 Å². The van der Waals surface area contributed by atoms with Crippen LogP contribution in [-0.4, -0.2) is 60.0 Å². The molecule has 0 heterocycles. The zero-order valence-electron chi connectivity index (χ0n) is 12.2. The minimum atomic E-state index is -4.67. The molecular weight excluding hydrogens is 451 g/mol. The molecule has 18 heteroatoms. The molecule has 12 nitrogen and oxygen atoms in total. The standard InChI is InChI=1S/C6H8O7.BH4.K.2Na.Ni.H2O4S.H2O/c7-3(8)1-6(13,5(11)12)2-4(9)10;;;;;;1-5(2,3)4;/h13H,1-2H2,(H,7,8)(H,9,10)(H,11,12);1H4;;;;;(H2,1,2,3,4);1H2/q;-1;3*+1;+2;;/p-4. The van der Waals surface area contributed by atoms with Crippen LogP contribution < -0.4 is 126 Å². The SMILES string of the molecule is O=C([O-])CC(O)(CC(=O)[O-])C(=O)[O-].O=S(=O)(O)O.[BH4-].[K+].[Na+].[Na+].[Ni+2].[OH-]. The average Bonchev–Trinajstić information content (AvgIpc) is 1.95. The number of hydrogen-bond acceptors (Lipinski definition) is 10. The van der Waals surface area contributed by atoms with E-state index in [2.05, 4.69) is 0 Å². The predicted octanol–water partition coefficient (Wildman–Crippen LogP) is -16.5. The average molecular weight is 463 g/mol. The predicted molar refractivity (Wildman–Crippen MR) is 56.7 cm³/mol. The molecule has 0 bridgehead atoms. The minimum Gasteiger partial charge on any atom is -0.870 e. The van der Waals surface area contributed by atoms with E-state index >= 15 is 0 Å². The van der Waals surface area contributed by atoms with Gasteiger partial charge < -0.3 is 40.3 Å². The maximum atomic E-state index is 10.1. The molecule has 0 aromatic heterocycles. The van der Waals surface area contributed by atoms with Gasteiger partial charge in [0.05, 0.1) is 5.97 Å². The monoisotopic (exact) mass is 462 g/mol. The van der Waals surface area contributed by atoms with E-state index in [-0.39, 0.29) is 141 Å². The van der Waals surface area contributed by atoms with E-state index < -0.39 is 46.7 Å². The van der Waals surface area contributed by atoms with Gasteiger partial charge in [-0.3, -0.25) is 9.11 Å². The third kappa shape index (κ3) is 39.5. The third-order valence-electron chi connectivity index (χ3n) is 1.25. The van der Waals surface area contributed by atoms with E-state index in [0.29, 0.717) is 0 Å². The van der Waals surface area contributed by atoms with Crippen LogP contribution in [0, 0.1) is 0 Å². The van der Waals surface area contributed by atoms with Crippen LogP contribution in [0.5, 0.6) is 0 Å². The summed E-state index contributed by atoms with van der Waals surface area (Å²) in [5.41, 5.74) is -2.97. The van der Waals surface area contributed by atoms with Gasteiger partial charge in [0.25, 0.3) is 0 Å². The molecule has 0 atom stereocenters. The van der Waals surface area contributed by atoms with Crippen LogP contribution in [-0.2, 0) is 41.3 Å². The van der Waals surface area contributed by atoms with Crippen molar-refractivity contribution >= 4 is 36.7 Å². The van der Waals surface area contributed by atoms with Crippen LogP contribution >= 0.6 is 0 Å². The maximum absolute atomic E-state index is 10.1. The molecule has 4 N–H and O–H groups in total. The van der Waals surface area contributed by atoms with E-state index in [4.69, 9.17) is 22.6 Å². The summed E-state index contributed by atoms with van der Waals surface area (Å²) in [6.45, 7) is 0. The van der Waals surface area contributed by atoms with E-state index in [0.717, 1.165) is 0 Å². The maximum Gasteiger partial charge on any atom is 2.00 e. The number of aliphatic hydroxyl groups is 1. The normalized spacial score (nSPS) is 8.29. The Kier molecular flexibility index (Phi) is 49.1. The summed E-state index contributed by atoms with van der Waals surface area (Å²) < 4.78 is 31.6. The van der Waals surface area contributed by atoms with Gasteiger partial charge in [-0.1, -0.05) is 8.41 Å².